The van der Waals surface area contributed by atoms with Gasteiger partial charge < -0.3 is 24.1 Å². The Labute approximate surface area is 293 Å². The average Bonchev–Trinajstić information content (AvgIpc) is 3.06. The summed E-state index contributed by atoms with van der Waals surface area (Å²) in [5, 5.41) is 8.69. The Morgan fingerprint density at radius 1 is 0.438 bits per heavy atom. The zero-order valence-electron chi connectivity index (χ0n) is 30.9. The standard InChI is InChI=1S/C39H72O9/c1-3-5-7-9-11-13-15-17-19-21-23-25-27-29-37(42)46-31-35(48-39(44)34-45-33-36(40)41)32-47-38(43)30-28-26-24-22-20-18-16-14-12-10-8-6-4-2/h35H,3-34H2,1-2H3,(H,40,41). The molecule has 1 N–H and O–H groups in total. The monoisotopic (exact) mass is 685 g/mol. The number of carboxylic acid groups (broad SMARTS) is 1. The highest BCUT2D eigenvalue weighted by atomic mass is 16.6. The molecule has 0 aromatic rings. The maximum atomic E-state index is 12.3. The van der Waals surface area contributed by atoms with Crippen LogP contribution < -0.4 is 0 Å². The molecule has 0 saturated heterocycles. The second kappa shape index (κ2) is 36.1. The third-order valence-corrected chi connectivity index (χ3v) is 8.57. The van der Waals surface area contributed by atoms with Crippen LogP contribution in [0, 0.1) is 0 Å². The molecule has 282 valence electrons. The molecule has 0 saturated carbocycles. The maximum absolute atomic E-state index is 12.3. The van der Waals surface area contributed by atoms with Gasteiger partial charge >= 0.3 is 23.9 Å². The van der Waals surface area contributed by atoms with E-state index in [-0.39, 0.29) is 38.0 Å². The van der Waals surface area contributed by atoms with E-state index in [0.29, 0.717) is 0 Å². The number of ether oxygens (including phenoxy) is 4. The third-order valence-electron chi connectivity index (χ3n) is 8.57. The molecule has 0 spiro atoms. The molecular weight excluding hydrogens is 612 g/mol. The second-order valence-electron chi connectivity index (χ2n) is 13.3. The van der Waals surface area contributed by atoms with Crippen molar-refractivity contribution in [3.63, 3.8) is 0 Å². The van der Waals surface area contributed by atoms with Crippen molar-refractivity contribution in [1.82, 2.24) is 0 Å². The Bertz CT molecular complexity index is 725. The van der Waals surface area contributed by atoms with Gasteiger partial charge in [0.2, 0.25) is 0 Å². The number of rotatable bonds is 37. The third kappa shape index (κ3) is 35.2. The van der Waals surface area contributed by atoms with E-state index in [2.05, 4.69) is 13.8 Å². The molecule has 0 fully saturated rings. The van der Waals surface area contributed by atoms with E-state index in [1.165, 1.54) is 128 Å². The highest BCUT2D eigenvalue weighted by Gasteiger charge is 2.20. The van der Waals surface area contributed by atoms with Crippen LogP contribution in [-0.4, -0.2) is 61.5 Å². The van der Waals surface area contributed by atoms with Gasteiger partial charge in [0.05, 0.1) is 0 Å². The number of carbonyl (C=O) groups excluding carboxylic acids is 3. The summed E-state index contributed by atoms with van der Waals surface area (Å²) < 4.78 is 20.7. The number of esters is 3. The first kappa shape index (κ1) is 45.8. The summed E-state index contributed by atoms with van der Waals surface area (Å²) in [6.07, 6.45) is 31.2. The Hall–Kier alpha value is -2.16. The molecule has 0 radical (unpaired) electrons. The summed E-state index contributed by atoms with van der Waals surface area (Å²) in [6, 6.07) is 0. The fourth-order valence-electron chi connectivity index (χ4n) is 5.65. The van der Waals surface area contributed by atoms with Gasteiger partial charge in [0.15, 0.2) is 6.10 Å². The minimum Gasteiger partial charge on any atom is -0.480 e. The van der Waals surface area contributed by atoms with Crippen molar-refractivity contribution in [2.45, 2.75) is 200 Å². The van der Waals surface area contributed by atoms with E-state index in [1.807, 2.05) is 0 Å². The first-order valence-electron chi connectivity index (χ1n) is 19.7. The minimum absolute atomic E-state index is 0.242. The predicted molar refractivity (Wildman–Crippen MR) is 191 cm³/mol. The number of aliphatic carboxylic acids is 1. The van der Waals surface area contributed by atoms with Crippen molar-refractivity contribution < 1.29 is 43.2 Å². The van der Waals surface area contributed by atoms with Gasteiger partial charge in [0.25, 0.3) is 0 Å². The number of carboxylic acids is 1. The van der Waals surface area contributed by atoms with E-state index in [1.54, 1.807) is 0 Å². The zero-order chi connectivity index (χ0) is 35.3. The molecule has 0 bridgehead atoms. The van der Waals surface area contributed by atoms with Crippen molar-refractivity contribution in [2.75, 3.05) is 26.4 Å². The Morgan fingerprint density at radius 3 is 1.06 bits per heavy atom. The zero-order valence-corrected chi connectivity index (χ0v) is 30.9. The van der Waals surface area contributed by atoms with Crippen LogP contribution in [-0.2, 0) is 38.1 Å². The van der Waals surface area contributed by atoms with Gasteiger partial charge in [-0.05, 0) is 12.8 Å². The highest BCUT2D eigenvalue weighted by Crippen LogP contribution is 2.15. The van der Waals surface area contributed by atoms with Crippen LogP contribution in [0.5, 0.6) is 0 Å². The van der Waals surface area contributed by atoms with Crippen LogP contribution in [0.15, 0.2) is 0 Å². The van der Waals surface area contributed by atoms with Crippen molar-refractivity contribution in [3.05, 3.63) is 0 Å². The van der Waals surface area contributed by atoms with Crippen molar-refractivity contribution in [2.24, 2.45) is 0 Å². The molecule has 0 unspecified atom stereocenters. The molecule has 0 atom stereocenters. The molecule has 9 nitrogen and oxygen atoms in total. The smallest absolute Gasteiger partial charge is 0.332 e. The van der Waals surface area contributed by atoms with Crippen LogP contribution in [0.2, 0.25) is 0 Å². The summed E-state index contributed by atoms with van der Waals surface area (Å²) in [5.41, 5.74) is 0. The molecule has 0 heterocycles. The number of carbonyl (C=O) groups is 4. The predicted octanol–water partition coefficient (Wildman–Crippen LogP) is 10.0. The maximum Gasteiger partial charge on any atom is 0.332 e. The summed E-state index contributed by atoms with van der Waals surface area (Å²) in [6.45, 7) is 2.80. The Balaban J connectivity index is 4.13. The number of unbranched alkanes of at least 4 members (excludes halogenated alkanes) is 24. The van der Waals surface area contributed by atoms with Gasteiger partial charge in [-0.1, -0.05) is 168 Å². The van der Waals surface area contributed by atoms with Crippen molar-refractivity contribution >= 4 is 23.9 Å². The van der Waals surface area contributed by atoms with Crippen LogP contribution in [0.1, 0.15) is 194 Å². The van der Waals surface area contributed by atoms with Gasteiger partial charge in [-0.3, -0.25) is 9.59 Å². The lowest BCUT2D eigenvalue weighted by Gasteiger charge is -2.18. The lowest BCUT2D eigenvalue weighted by Crippen LogP contribution is -2.32. The van der Waals surface area contributed by atoms with E-state index in [0.717, 1.165) is 38.5 Å². The quantitative estimate of drug-likeness (QED) is 0.0386. The van der Waals surface area contributed by atoms with E-state index >= 15 is 0 Å². The second-order valence-corrected chi connectivity index (χ2v) is 13.3. The van der Waals surface area contributed by atoms with Crippen LogP contribution in [0.4, 0.5) is 0 Å². The molecule has 0 aromatic heterocycles. The van der Waals surface area contributed by atoms with Crippen LogP contribution >= 0.6 is 0 Å². The molecule has 0 aromatic carbocycles. The summed E-state index contributed by atoms with van der Waals surface area (Å²) in [4.78, 5) is 47.4. The van der Waals surface area contributed by atoms with Gasteiger partial charge in [-0.15, -0.1) is 0 Å². The molecule has 48 heavy (non-hydrogen) atoms. The molecule has 0 aliphatic heterocycles. The Kier molecular flexibility index (Phi) is 34.5. The van der Waals surface area contributed by atoms with Crippen molar-refractivity contribution in [1.29, 1.82) is 0 Å². The summed E-state index contributed by atoms with van der Waals surface area (Å²) in [7, 11) is 0. The van der Waals surface area contributed by atoms with Crippen LogP contribution in [0.25, 0.3) is 0 Å². The number of hydrogen-bond acceptors (Lipinski definition) is 8. The lowest BCUT2D eigenvalue weighted by molar-refractivity contribution is -0.170. The number of hydrogen-bond donors (Lipinski definition) is 1. The van der Waals surface area contributed by atoms with E-state index in [4.69, 9.17) is 24.1 Å². The SMILES string of the molecule is CCCCCCCCCCCCCCCC(=O)OCC(COC(=O)CCCCCCCCCCCCCCC)OC(=O)COCC(=O)O. The van der Waals surface area contributed by atoms with Gasteiger partial charge in [0, 0.05) is 12.8 Å². The molecule has 0 amide bonds. The molecule has 9 heteroatoms. The van der Waals surface area contributed by atoms with Crippen LogP contribution in [0.3, 0.4) is 0 Å². The molecule has 0 aliphatic carbocycles. The van der Waals surface area contributed by atoms with Crippen molar-refractivity contribution in [3.8, 4) is 0 Å². The highest BCUT2D eigenvalue weighted by molar-refractivity contribution is 5.73. The first-order valence-corrected chi connectivity index (χ1v) is 19.7. The molecular formula is C39H72O9. The van der Waals surface area contributed by atoms with E-state index < -0.39 is 31.3 Å². The van der Waals surface area contributed by atoms with E-state index in [9.17, 15) is 19.2 Å². The topological polar surface area (TPSA) is 125 Å². The lowest BCUT2D eigenvalue weighted by atomic mass is 10.0. The molecule has 0 rings (SSSR count). The normalized spacial score (nSPS) is 11.1. The van der Waals surface area contributed by atoms with Gasteiger partial charge in [-0.2, -0.15) is 0 Å². The summed E-state index contributed by atoms with van der Waals surface area (Å²) >= 11 is 0. The molecule has 0 aliphatic rings. The Morgan fingerprint density at radius 2 is 0.750 bits per heavy atom. The van der Waals surface area contributed by atoms with Gasteiger partial charge in [-0.25, -0.2) is 9.59 Å². The van der Waals surface area contributed by atoms with Gasteiger partial charge in [0.1, 0.15) is 26.4 Å². The largest absolute Gasteiger partial charge is 0.480 e. The average molecular weight is 685 g/mol. The fourth-order valence-corrected chi connectivity index (χ4v) is 5.65. The summed E-state index contributed by atoms with van der Waals surface area (Å²) in [5.74, 6) is -2.80. The minimum atomic E-state index is -1.21. The fraction of sp³-hybridized carbons (Fsp3) is 0.897. The first-order chi connectivity index (χ1) is 23.4.